The number of benzene rings is 1. The summed E-state index contributed by atoms with van der Waals surface area (Å²) < 4.78 is 0. The molecular formula is C38H57N11O11S4. The molecule has 64 heavy (non-hydrogen) atoms. The number of carboxylic acid groups (broad SMARTS) is 1. The number of rotatable bonds is 28. The lowest BCUT2D eigenvalue weighted by atomic mass is 10.0. The van der Waals surface area contributed by atoms with Crippen LogP contribution >= 0.6 is 50.5 Å². The summed E-state index contributed by atoms with van der Waals surface area (Å²) in [5, 5.41) is 29.6. The molecule has 2 rings (SSSR count). The van der Waals surface area contributed by atoms with Crippen molar-refractivity contribution in [3.63, 3.8) is 0 Å². The summed E-state index contributed by atoms with van der Waals surface area (Å²) in [7, 11) is 0. The molecule has 8 atom stereocenters. The van der Waals surface area contributed by atoms with Gasteiger partial charge >= 0.3 is 5.97 Å². The number of aliphatic carboxylic acids is 1. The van der Waals surface area contributed by atoms with Crippen LogP contribution in [0.2, 0.25) is 0 Å². The third-order valence-corrected chi connectivity index (χ3v) is 10.9. The van der Waals surface area contributed by atoms with E-state index in [0.29, 0.717) is 24.9 Å². The second-order valence-corrected chi connectivity index (χ2v) is 15.9. The van der Waals surface area contributed by atoms with E-state index in [1.165, 1.54) is 13.8 Å². The van der Waals surface area contributed by atoms with E-state index in [-0.39, 0.29) is 35.9 Å². The highest BCUT2D eigenvalue weighted by Gasteiger charge is 2.34. The zero-order valence-electron chi connectivity index (χ0n) is 35.0. The van der Waals surface area contributed by atoms with Gasteiger partial charge in [-0.05, 0) is 44.4 Å². The molecule has 22 nitrogen and oxygen atoms in total. The van der Waals surface area contributed by atoms with Crippen molar-refractivity contribution in [1.82, 2.24) is 47.5 Å². The van der Waals surface area contributed by atoms with Gasteiger partial charge in [0.15, 0.2) is 0 Å². The Morgan fingerprint density at radius 2 is 1.05 bits per heavy atom. The molecule has 354 valence electrons. The van der Waals surface area contributed by atoms with Crippen LogP contribution in [-0.4, -0.2) is 147 Å². The fourth-order valence-electron chi connectivity index (χ4n) is 5.95. The van der Waals surface area contributed by atoms with Crippen LogP contribution in [0.5, 0.6) is 0 Å². The van der Waals surface area contributed by atoms with Gasteiger partial charge in [-0.1, -0.05) is 18.2 Å². The van der Waals surface area contributed by atoms with Gasteiger partial charge in [-0.15, -0.1) is 0 Å². The van der Waals surface area contributed by atoms with Crippen molar-refractivity contribution < 1.29 is 53.1 Å². The number of aromatic amines is 1. The van der Waals surface area contributed by atoms with E-state index in [9.17, 15) is 53.1 Å². The SMILES string of the molecule is CC(=O)N[C@@H](Cc1c[nH]c2ccccc12)C(=O)N[C@@H](CC(=O)O)C(=O)N[C@@H](CS)C(=O)N[C@@H](CS)C(=O)N[C@@H](C)C(=O)N[C@@H](CS)C(=O)N[C@@H](CS)C(=O)N[C@@H](CCCCN)C(N)=O. The molecule has 14 N–H and O–H groups in total. The molecule has 0 saturated carbocycles. The van der Waals surface area contributed by atoms with E-state index in [1.54, 1.807) is 24.4 Å². The van der Waals surface area contributed by atoms with Crippen LogP contribution < -0.4 is 54.0 Å². The second kappa shape index (κ2) is 27.9. The minimum atomic E-state index is -1.72. The maximum Gasteiger partial charge on any atom is 0.305 e. The van der Waals surface area contributed by atoms with Gasteiger partial charge in [0.05, 0.1) is 6.42 Å². The quantitative estimate of drug-likeness (QED) is 0.0291. The number of hydrogen-bond acceptors (Lipinski definition) is 15. The number of amides is 9. The van der Waals surface area contributed by atoms with Gasteiger partial charge in [-0.3, -0.25) is 47.9 Å². The van der Waals surface area contributed by atoms with Crippen molar-refractivity contribution in [2.75, 3.05) is 29.6 Å². The molecule has 9 amide bonds. The predicted octanol–water partition coefficient (Wildman–Crippen LogP) is -3.56. The standard InChI is InChI=1S/C38H57N11O11S4/c1-18(32(54)46-27(15-62)37(59)49-28(16-63)36(58)44-23(31(40)53)9-5-6-10-39)42-35(57)26(14-61)48-38(60)29(17-64)47-34(56)25(12-30(51)52)45-33(55)24(43-19(2)50)11-20-13-41-22-8-4-3-7-21(20)22/h3-4,7-8,13,18,23-29,41,61-64H,5-6,9-12,14-17,39H2,1-2H3,(H2,40,53)(H,42,57)(H,43,50)(H,44,58)(H,45,55)(H,46,54)(H,47,56)(H,48,60)(H,49,59)(H,51,52)/t18-,23-,24-,25-,26-,27-,28-,29-/m0/s1. The number of fused-ring (bicyclic) bond motifs is 1. The van der Waals surface area contributed by atoms with Crippen molar-refractivity contribution >= 4 is 121 Å². The predicted molar refractivity (Wildman–Crippen MR) is 249 cm³/mol. The number of unbranched alkanes of at least 4 members (excludes halogenated alkanes) is 1. The highest BCUT2D eigenvalue weighted by atomic mass is 32.1. The fourth-order valence-corrected chi connectivity index (χ4v) is 6.98. The summed E-state index contributed by atoms with van der Waals surface area (Å²) in [6, 6.07) is -3.50. The minimum Gasteiger partial charge on any atom is -0.481 e. The lowest BCUT2D eigenvalue weighted by Gasteiger charge is -2.26. The summed E-state index contributed by atoms with van der Waals surface area (Å²) in [6.45, 7) is 2.84. The average molecular weight is 972 g/mol. The van der Waals surface area contributed by atoms with Crippen molar-refractivity contribution in [2.45, 2.75) is 94.3 Å². The summed E-state index contributed by atoms with van der Waals surface area (Å²) in [5.41, 5.74) is 12.3. The molecule has 0 fully saturated rings. The first-order chi connectivity index (χ1) is 30.3. The molecule has 0 aliphatic rings. The van der Waals surface area contributed by atoms with Crippen LogP contribution in [0.1, 0.15) is 45.1 Å². The Balaban J connectivity index is 2.06. The number of carbonyl (C=O) groups excluding carboxylic acids is 9. The maximum atomic E-state index is 13.5. The molecule has 1 aromatic heterocycles. The van der Waals surface area contributed by atoms with Crippen LogP contribution in [0.4, 0.5) is 0 Å². The number of carbonyl (C=O) groups is 10. The molecule has 0 unspecified atom stereocenters. The Labute approximate surface area is 390 Å². The van der Waals surface area contributed by atoms with Gasteiger partial charge in [0.1, 0.15) is 48.3 Å². The number of nitrogens with one attached hydrogen (secondary N) is 9. The Hall–Kier alpha value is -5.18. The van der Waals surface area contributed by atoms with Crippen molar-refractivity contribution in [3.8, 4) is 0 Å². The van der Waals surface area contributed by atoms with E-state index in [1.807, 2.05) is 6.07 Å². The topological polar surface area (TPSA) is 355 Å². The fraction of sp³-hybridized carbons (Fsp3) is 0.526. The molecular weight excluding hydrogens is 915 g/mol. The normalized spacial score (nSPS) is 14.7. The first kappa shape index (κ1) is 55.0. The van der Waals surface area contributed by atoms with Gasteiger partial charge in [-0.25, -0.2) is 0 Å². The monoisotopic (exact) mass is 971 g/mol. The van der Waals surface area contributed by atoms with E-state index in [2.05, 4.69) is 98.0 Å². The molecule has 0 aliphatic carbocycles. The lowest BCUT2D eigenvalue weighted by Crippen LogP contribution is -2.61. The molecule has 2 aromatic rings. The summed E-state index contributed by atoms with van der Waals surface area (Å²) in [5.74, 6) is -10.2. The summed E-state index contributed by atoms with van der Waals surface area (Å²) in [6.07, 6.45) is 2.05. The third kappa shape index (κ3) is 17.8. The van der Waals surface area contributed by atoms with Gasteiger partial charge < -0.3 is 64.1 Å². The maximum absolute atomic E-state index is 13.5. The molecule has 0 aliphatic heterocycles. The largest absolute Gasteiger partial charge is 0.481 e. The Morgan fingerprint density at radius 3 is 1.52 bits per heavy atom. The highest BCUT2D eigenvalue weighted by molar-refractivity contribution is 7.80. The minimum absolute atomic E-state index is 0.0219. The number of thiol groups is 4. The zero-order valence-corrected chi connectivity index (χ0v) is 38.6. The molecule has 1 aromatic carbocycles. The van der Waals surface area contributed by atoms with E-state index in [0.717, 1.165) is 10.9 Å². The third-order valence-electron chi connectivity index (χ3n) is 9.43. The van der Waals surface area contributed by atoms with Gasteiger partial charge in [0.2, 0.25) is 53.2 Å². The zero-order chi connectivity index (χ0) is 48.1. The number of nitrogens with two attached hydrogens (primary N) is 2. The first-order valence-corrected chi connectivity index (χ1v) is 22.4. The lowest BCUT2D eigenvalue weighted by molar-refractivity contribution is -0.141. The van der Waals surface area contributed by atoms with E-state index < -0.39 is 114 Å². The summed E-state index contributed by atoms with van der Waals surface area (Å²) >= 11 is 16.5. The second-order valence-electron chi connectivity index (χ2n) is 14.4. The molecule has 0 spiro atoms. The number of primary amides is 1. The smallest absolute Gasteiger partial charge is 0.305 e. The number of hydrogen-bond donors (Lipinski definition) is 16. The molecule has 0 bridgehead atoms. The van der Waals surface area contributed by atoms with Crippen LogP contribution in [0, 0.1) is 0 Å². The van der Waals surface area contributed by atoms with Crippen LogP contribution in [0.25, 0.3) is 10.9 Å². The molecule has 1 heterocycles. The van der Waals surface area contributed by atoms with Gasteiger partial charge in [0, 0.05) is 53.5 Å². The Morgan fingerprint density at radius 1 is 0.609 bits per heavy atom. The highest BCUT2D eigenvalue weighted by Crippen LogP contribution is 2.19. The molecule has 0 saturated heterocycles. The van der Waals surface area contributed by atoms with Crippen LogP contribution in [0.3, 0.4) is 0 Å². The van der Waals surface area contributed by atoms with Crippen molar-refractivity contribution in [2.24, 2.45) is 11.5 Å². The van der Waals surface area contributed by atoms with Gasteiger partial charge in [-0.2, -0.15) is 50.5 Å². The number of aromatic nitrogens is 1. The number of carboxylic acids is 1. The molecule has 26 heteroatoms. The number of para-hydroxylation sites is 1. The first-order valence-electron chi connectivity index (χ1n) is 19.9. The molecule has 0 radical (unpaired) electrons. The number of H-pyrrole nitrogens is 1. The van der Waals surface area contributed by atoms with Crippen LogP contribution in [0.15, 0.2) is 30.5 Å². The van der Waals surface area contributed by atoms with E-state index >= 15 is 0 Å². The van der Waals surface area contributed by atoms with Crippen molar-refractivity contribution in [3.05, 3.63) is 36.0 Å². The Kier molecular flexibility index (Phi) is 23.9. The summed E-state index contributed by atoms with van der Waals surface area (Å²) in [4.78, 5) is 131. The van der Waals surface area contributed by atoms with Crippen LogP contribution in [-0.2, 0) is 54.4 Å². The van der Waals surface area contributed by atoms with Crippen molar-refractivity contribution in [1.29, 1.82) is 0 Å². The van der Waals surface area contributed by atoms with Gasteiger partial charge in [0.25, 0.3) is 0 Å². The Bertz CT molecular complexity index is 1990. The average Bonchev–Trinajstić information content (AvgIpc) is 3.66. The van der Waals surface area contributed by atoms with E-state index in [4.69, 9.17) is 11.5 Å².